The first-order chi connectivity index (χ1) is 14.7. The van der Waals surface area contributed by atoms with Gasteiger partial charge in [-0.1, -0.05) is 78.9 Å². The first kappa shape index (κ1) is 19.3. The molecule has 0 amide bonds. The topological polar surface area (TPSA) is 21.3 Å². The highest BCUT2D eigenvalue weighted by molar-refractivity contribution is 5.45. The number of benzene rings is 3. The van der Waals surface area contributed by atoms with Crippen molar-refractivity contribution in [1.82, 2.24) is 5.32 Å². The Kier molecular flexibility index (Phi) is 4.86. The Morgan fingerprint density at radius 1 is 0.833 bits per heavy atom. The van der Waals surface area contributed by atoms with Crippen LogP contribution in [0.2, 0.25) is 0 Å². The summed E-state index contributed by atoms with van der Waals surface area (Å²) in [5, 5.41) is 3.83. The maximum absolute atomic E-state index is 17.0. The predicted molar refractivity (Wildman–Crippen MR) is 118 cm³/mol. The van der Waals surface area contributed by atoms with Gasteiger partial charge in [-0.15, -0.1) is 0 Å². The van der Waals surface area contributed by atoms with Crippen molar-refractivity contribution in [3.63, 3.8) is 0 Å². The summed E-state index contributed by atoms with van der Waals surface area (Å²) < 4.78 is 22.5. The number of halogens is 1. The van der Waals surface area contributed by atoms with E-state index < -0.39 is 5.67 Å². The quantitative estimate of drug-likeness (QED) is 0.594. The lowest BCUT2D eigenvalue weighted by molar-refractivity contribution is 0.00401. The molecule has 3 aromatic rings. The molecule has 1 heterocycles. The largest absolute Gasteiger partial charge is 0.496 e. The van der Waals surface area contributed by atoms with Crippen molar-refractivity contribution in [1.29, 1.82) is 0 Å². The molecule has 30 heavy (non-hydrogen) atoms. The van der Waals surface area contributed by atoms with E-state index in [9.17, 15) is 0 Å². The van der Waals surface area contributed by atoms with Crippen LogP contribution in [0.3, 0.4) is 0 Å². The maximum atomic E-state index is 17.0. The van der Waals surface area contributed by atoms with Crippen LogP contribution in [0.5, 0.6) is 5.75 Å². The molecule has 1 aliphatic carbocycles. The van der Waals surface area contributed by atoms with Gasteiger partial charge in [0.1, 0.15) is 11.4 Å². The summed E-state index contributed by atoms with van der Waals surface area (Å²) in [7, 11) is 1.63. The molecule has 1 saturated carbocycles. The second-order valence-corrected chi connectivity index (χ2v) is 8.59. The van der Waals surface area contributed by atoms with E-state index in [4.69, 9.17) is 4.74 Å². The molecule has 0 spiro atoms. The molecular weight excluding hydrogens is 373 g/mol. The van der Waals surface area contributed by atoms with Crippen LogP contribution in [0.4, 0.5) is 4.39 Å². The molecule has 154 valence electrons. The van der Waals surface area contributed by atoms with Gasteiger partial charge < -0.3 is 10.1 Å². The van der Waals surface area contributed by atoms with Gasteiger partial charge in [0.2, 0.25) is 0 Å². The zero-order valence-corrected chi connectivity index (χ0v) is 17.4. The fourth-order valence-corrected chi connectivity index (χ4v) is 6.03. The van der Waals surface area contributed by atoms with Crippen LogP contribution >= 0.6 is 0 Å². The Morgan fingerprint density at radius 3 is 2.07 bits per heavy atom. The van der Waals surface area contributed by atoms with Gasteiger partial charge in [0.05, 0.1) is 12.6 Å². The highest BCUT2D eigenvalue weighted by Crippen LogP contribution is 2.58. The summed E-state index contributed by atoms with van der Waals surface area (Å²) in [5.41, 5.74) is 1.34. The second kappa shape index (κ2) is 7.55. The fourth-order valence-electron chi connectivity index (χ4n) is 6.03. The number of para-hydroxylation sites is 1. The maximum Gasteiger partial charge on any atom is 0.143 e. The molecule has 2 fully saturated rings. The number of hydrogen-bond acceptors (Lipinski definition) is 2. The molecule has 3 heteroatoms. The monoisotopic (exact) mass is 401 g/mol. The molecule has 1 saturated heterocycles. The number of ether oxygens (including phenoxy) is 1. The Hall–Kier alpha value is -2.65. The zero-order chi connectivity index (χ0) is 20.6. The third kappa shape index (κ3) is 2.79. The second-order valence-electron chi connectivity index (χ2n) is 8.59. The first-order valence-electron chi connectivity index (χ1n) is 10.9. The van der Waals surface area contributed by atoms with Crippen molar-refractivity contribution in [2.75, 3.05) is 13.7 Å². The van der Waals surface area contributed by atoms with Crippen LogP contribution in [0.25, 0.3) is 0 Å². The Bertz CT molecular complexity index is 966. The van der Waals surface area contributed by atoms with Crippen molar-refractivity contribution in [2.24, 2.45) is 11.8 Å². The van der Waals surface area contributed by atoms with Crippen molar-refractivity contribution < 1.29 is 9.13 Å². The molecule has 3 aromatic carbocycles. The average Bonchev–Trinajstić information content (AvgIpc) is 3.22. The molecule has 3 atom stereocenters. The van der Waals surface area contributed by atoms with Crippen LogP contribution in [-0.2, 0) is 11.2 Å². The van der Waals surface area contributed by atoms with Gasteiger partial charge in [0, 0.05) is 18.0 Å². The van der Waals surface area contributed by atoms with Gasteiger partial charge in [-0.05, 0) is 42.4 Å². The number of rotatable bonds is 4. The summed E-state index contributed by atoms with van der Waals surface area (Å²) in [6.45, 7) is 0.642. The van der Waals surface area contributed by atoms with E-state index in [1.807, 2.05) is 36.4 Å². The van der Waals surface area contributed by atoms with Crippen molar-refractivity contribution >= 4 is 0 Å². The van der Waals surface area contributed by atoms with E-state index in [1.165, 1.54) is 11.1 Å². The van der Waals surface area contributed by atoms with E-state index in [0.29, 0.717) is 24.3 Å². The number of alkyl halides is 1. The van der Waals surface area contributed by atoms with Crippen molar-refractivity contribution in [3.05, 3.63) is 102 Å². The molecule has 5 rings (SSSR count). The number of fused-ring (bicyclic) bond motifs is 1. The van der Waals surface area contributed by atoms with Crippen LogP contribution in [0.1, 0.15) is 36.0 Å². The standard InChI is InChI=1S/C27H28FNO/c1-30-25-17-9-8-15-23(25)26(28)18-10-16-22-24(26)19-29-27(22,20-11-4-2-5-12-20)21-13-6-3-7-14-21/h2-9,11-15,17,22,24,29H,10,16,18-19H2,1H3. The summed E-state index contributed by atoms with van der Waals surface area (Å²) in [6.07, 6.45) is 2.40. The van der Waals surface area contributed by atoms with Crippen LogP contribution in [0.15, 0.2) is 84.9 Å². The lowest BCUT2D eigenvalue weighted by Gasteiger charge is -2.45. The van der Waals surface area contributed by atoms with Gasteiger partial charge >= 0.3 is 0 Å². The normalized spacial score (nSPS) is 27.4. The van der Waals surface area contributed by atoms with E-state index >= 15 is 4.39 Å². The average molecular weight is 402 g/mol. The molecule has 3 unspecified atom stereocenters. The zero-order valence-electron chi connectivity index (χ0n) is 17.4. The lowest BCUT2D eigenvalue weighted by Crippen LogP contribution is -2.46. The van der Waals surface area contributed by atoms with Gasteiger partial charge in [0.15, 0.2) is 0 Å². The third-order valence-corrected chi connectivity index (χ3v) is 7.30. The summed E-state index contributed by atoms with van der Waals surface area (Å²) in [6, 6.07) is 28.8. The molecule has 0 radical (unpaired) electrons. The predicted octanol–water partition coefficient (Wildman–Crippen LogP) is 5.82. The minimum absolute atomic E-state index is 0.122. The fraction of sp³-hybridized carbons (Fsp3) is 0.333. The van der Waals surface area contributed by atoms with Gasteiger partial charge in [-0.2, -0.15) is 0 Å². The minimum Gasteiger partial charge on any atom is -0.496 e. The summed E-state index contributed by atoms with van der Waals surface area (Å²) in [4.78, 5) is 0. The lowest BCUT2D eigenvalue weighted by atomic mass is 9.61. The highest BCUT2D eigenvalue weighted by atomic mass is 19.1. The smallest absolute Gasteiger partial charge is 0.143 e. The van der Waals surface area contributed by atoms with E-state index in [-0.39, 0.29) is 17.4 Å². The molecule has 0 aromatic heterocycles. The Labute approximate surface area is 178 Å². The first-order valence-corrected chi connectivity index (χ1v) is 10.9. The third-order valence-electron chi connectivity index (χ3n) is 7.30. The molecule has 1 N–H and O–H groups in total. The van der Waals surface area contributed by atoms with Gasteiger partial charge in [0.25, 0.3) is 0 Å². The minimum atomic E-state index is -1.41. The van der Waals surface area contributed by atoms with Gasteiger partial charge in [-0.3, -0.25) is 0 Å². The summed E-state index contributed by atoms with van der Waals surface area (Å²) in [5.74, 6) is 0.687. The van der Waals surface area contributed by atoms with Crippen molar-refractivity contribution in [3.8, 4) is 5.75 Å². The molecule has 0 bridgehead atoms. The van der Waals surface area contributed by atoms with Crippen LogP contribution in [-0.4, -0.2) is 13.7 Å². The Balaban J connectivity index is 1.66. The van der Waals surface area contributed by atoms with Gasteiger partial charge in [-0.25, -0.2) is 4.39 Å². The SMILES string of the molecule is COc1ccccc1C1(F)CCCC2C1CNC2(c1ccccc1)c1ccccc1. The number of hydrogen-bond donors (Lipinski definition) is 1. The van der Waals surface area contributed by atoms with E-state index in [0.717, 1.165) is 12.8 Å². The molecule has 1 aliphatic heterocycles. The Morgan fingerprint density at radius 2 is 1.43 bits per heavy atom. The highest BCUT2D eigenvalue weighted by Gasteiger charge is 2.60. The van der Waals surface area contributed by atoms with Crippen LogP contribution in [0, 0.1) is 11.8 Å². The molecule has 2 aliphatic rings. The summed E-state index contributed by atoms with van der Waals surface area (Å²) >= 11 is 0. The number of nitrogens with one attached hydrogen (secondary N) is 1. The van der Waals surface area contributed by atoms with Crippen LogP contribution < -0.4 is 10.1 Å². The van der Waals surface area contributed by atoms with E-state index in [1.54, 1.807) is 7.11 Å². The van der Waals surface area contributed by atoms with Crippen molar-refractivity contribution in [2.45, 2.75) is 30.5 Å². The molecule has 2 nitrogen and oxygen atoms in total. The van der Waals surface area contributed by atoms with E-state index in [2.05, 4.69) is 53.8 Å². The number of methoxy groups -OCH3 is 1. The molecular formula is C27H28FNO.